The standard InChI is InChI=1S/C12H11ClN4O/c13-11-6-10(3-2-9(11)7-15)17-8-12(18)16-5-1-4-14/h2-3,6,17H,1,5,8H2,(H,16,18). The zero-order valence-electron chi connectivity index (χ0n) is 9.53. The Morgan fingerprint density at radius 3 is 2.78 bits per heavy atom. The van der Waals surface area contributed by atoms with Crippen molar-refractivity contribution >= 4 is 23.2 Å². The lowest BCUT2D eigenvalue weighted by Gasteiger charge is -2.07. The Bertz CT molecular complexity index is 516. The number of nitriles is 2. The lowest BCUT2D eigenvalue weighted by atomic mass is 10.2. The molecule has 0 bridgehead atoms. The second-order valence-corrected chi connectivity index (χ2v) is 3.83. The van der Waals surface area contributed by atoms with Crippen molar-refractivity contribution < 1.29 is 4.79 Å². The van der Waals surface area contributed by atoms with Crippen LogP contribution >= 0.6 is 11.6 Å². The molecule has 0 aliphatic rings. The Labute approximate surface area is 110 Å². The van der Waals surface area contributed by atoms with Gasteiger partial charge in [0.25, 0.3) is 0 Å². The van der Waals surface area contributed by atoms with Gasteiger partial charge in [-0.2, -0.15) is 10.5 Å². The molecular formula is C12H11ClN4O. The van der Waals surface area contributed by atoms with Crippen LogP contribution in [-0.4, -0.2) is 19.0 Å². The zero-order chi connectivity index (χ0) is 13.4. The molecule has 0 aromatic heterocycles. The molecular weight excluding hydrogens is 252 g/mol. The smallest absolute Gasteiger partial charge is 0.239 e. The van der Waals surface area contributed by atoms with Gasteiger partial charge in [0.2, 0.25) is 5.91 Å². The Balaban J connectivity index is 2.45. The topological polar surface area (TPSA) is 88.7 Å². The molecule has 1 aromatic carbocycles. The number of nitrogens with one attached hydrogen (secondary N) is 2. The Kier molecular flexibility index (Phi) is 5.50. The highest BCUT2D eigenvalue weighted by atomic mass is 35.5. The average molecular weight is 263 g/mol. The van der Waals surface area contributed by atoms with Gasteiger partial charge in [-0.25, -0.2) is 0 Å². The molecule has 92 valence electrons. The van der Waals surface area contributed by atoms with Gasteiger partial charge in [0.15, 0.2) is 0 Å². The number of halogens is 1. The van der Waals surface area contributed by atoms with Crippen LogP contribution in [-0.2, 0) is 4.79 Å². The van der Waals surface area contributed by atoms with Crippen LogP contribution in [0.25, 0.3) is 0 Å². The second kappa shape index (κ2) is 7.16. The molecule has 6 heteroatoms. The predicted molar refractivity (Wildman–Crippen MR) is 67.9 cm³/mol. The third kappa shape index (κ3) is 4.32. The van der Waals surface area contributed by atoms with E-state index in [2.05, 4.69) is 10.6 Å². The van der Waals surface area contributed by atoms with Crippen molar-refractivity contribution in [2.24, 2.45) is 0 Å². The molecule has 0 saturated heterocycles. The quantitative estimate of drug-likeness (QED) is 0.790. The number of anilines is 1. The summed E-state index contributed by atoms with van der Waals surface area (Å²) in [5.41, 5.74) is 1.05. The van der Waals surface area contributed by atoms with Gasteiger partial charge in [0, 0.05) is 12.2 Å². The first-order chi connectivity index (χ1) is 8.67. The predicted octanol–water partition coefficient (Wildman–Crippen LogP) is 1.65. The fourth-order valence-corrected chi connectivity index (χ4v) is 1.44. The molecule has 0 saturated carbocycles. The maximum absolute atomic E-state index is 11.3. The van der Waals surface area contributed by atoms with E-state index in [1.807, 2.05) is 12.1 Å². The molecule has 0 spiro atoms. The van der Waals surface area contributed by atoms with Crippen LogP contribution in [0, 0.1) is 22.7 Å². The molecule has 1 amide bonds. The summed E-state index contributed by atoms with van der Waals surface area (Å²) in [5, 5.41) is 22.8. The largest absolute Gasteiger partial charge is 0.376 e. The van der Waals surface area contributed by atoms with Crippen molar-refractivity contribution in [3.63, 3.8) is 0 Å². The molecule has 0 atom stereocenters. The minimum absolute atomic E-state index is 0.0909. The minimum atomic E-state index is -0.203. The van der Waals surface area contributed by atoms with Gasteiger partial charge in [-0.1, -0.05) is 11.6 Å². The first kappa shape index (κ1) is 13.8. The van der Waals surface area contributed by atoms with Crippen LogP contribution < -0.4 is 10.6 Å². The third-order valence-electron chi connectivity index (χ3n) is 2.10. The van der Waals surface area contributed by atoms with Crippen molar-refractivity contribution in [3.05, 3.63) is 28.8 Å². The summed E-state index contributed by atoms with van der Waals surface area (Å²) >= 11 is 5.85. The third-order valence-corrected chi connectivity index (χ3v) is 2.41. The first-order valence-electron chi connectivity index (χ1n) is 5.24. The van der Waals surface area contributed by atoms with Crippen LogP contribution in [0.1, 0.15) is 12.0 Å². The average Bonchev–Trinajstić information content (AvgIpc) is 2.37. The number of amides is 1. The van der Waals surface area contributed by atoms with Gasteiger partial charge in [-0.3, -0.25) is 4.79 Å². The van der Waals surface area contributed by atoms with Crippen LogP contribution in [0.3, 0.4) is 0 Å². The van der Waals surface area contributed by atoms with Gasteiger partial charge in [-0.15, -0.1) is 0 Å². The molecule has 5 nitrogen and oxygen atoms in total. The van der Waals surface area contributed by atoms with Crippen molar-refractivity contribution in [3.8, 4) is 12.1 Å². The van der Waals surface area contributed by atoms with Crippen molar-refractivity contribution in [2.75, 3.05) is 18.4 Å². The number of benzene rings is 1. The Morgan fingerprint density at radius 1 is 1.39 bits per heavy atom. The van der Waals surface area contributed by atoms with Gasteiger partial charge < -0.3 is 10.6 Å². The number of rotatable bonds is 5. The van der Waals surface area contributed by atoms with E-state index in [1.165, 1.54) is 0 Å². The summed E-state index contributed by atoms with van der Waals surface area (Å²) in [7, 11) is 0. The SMILES string of the molecule is N#CCCNC(=O)CNc1ccc(C#N)c(Cl)c1. The van der Waals surface area contributed by atoms with E-state index in [9.17, 15) is 4.79 Å². The van der Waals surface area contributed by atoms with E-state index in [0.717, 1.165) is 0 Å². The molecule has 0 fully saturated rings. The molecule has 1 rings (SSSR count). The van der Waals surface area contributed by atoms with E-state index < -0.39 is 0 Å². The maximum Gasteiger partial charge on any atom is 0.239 e. The number of nitrogens with zero attached hydrogens (tertiary/aromatic N) is 2. The second-order valence-electron chi connectivity index (χ2n) is 3.42. The maximum atomic E-state index is 11.3. The van der Waals surface area contributed by atoms with E-state index in [4.69, 9.17) is 22.1 Å². The molecule has 0 radical (unpaired) electrons. The molecule has 0 aliphatic carbocycles. The molecule has 0 unspecified atom stereocenters. The highest BCUT2D eigenvalue weighted by molar-refractivity contribution is 6.32. The van der Waals surface area contributed by atoms with Crippen LogP contribution in [0.15, 0.2) is 18.2 Å². The fourth-order valence-electron chi connectivity index (χ4n) is 1.22. The van der Waals surface area contributed by atoms with Crippen molar-refractivity contribution in [1.29, 1.82) is 10.5 Å². The monoisotopic (exact) mass is 262 g/mol. The Hall–Kier alpha value is -2.24. The van der Waals surface area contributed by atoms with Crippen LogP contribution in [0.2, 0.25) is 5.02 Å². The van der Waals surface area contributed by atoms with Crippen molar-refractivity contribution in [1.82, 2.24) is 5.32 Å². The van der Waals surface area contributed by atoms with E-state index in [1.54, 1.807) is 18.2 Å². The Morgan fingerprint density at radius 2 is 2.17 bits per heavy atom. The molecule has 2 N–H and O–H groups in total. The normalized spacial score (nSPS) is 9.06. The summed E-state index contributed by atoms with van der Waals surface area (Å²) < 4.78 is 0. The lowest BCUT2D eigenvalue weighted by molar-refractivity contribution is -0.119. The summed E-state index contributed by atoms with van der Waals surface area (Å²) in [6.45, 7) is 0.429. The van der Waals surface area contributed by atoms with Gasteiger partial charge in [0.1, 0.15) is 6.07 Å². The lowest BCUT2D eigenvalue weighted by Crippen LogP contribution is -2.30. The van der Waals surface area contributed by atoms with Gasteiger partial charge in [-0.05, 0) is 18.2 Å². The van der Waals surface area contributed by atoms with Gasteiger partial charge in [0.05, 0.1) is 29.6 Å². The van der Waals surface area contributed by atoms with E-state index >= 15 is 0 Å². The summed E-state index contributed by atoms with van der Waals surface area (Å²) in [6, 6.07) is 8.73. The number of hydrogen-bond acceptors (Lipinski definition) is 4. The van der Waals surface area contributed by atoms with Crippen molar-refractivity contribution in [2.45, 2.75) is 6.42 Å². The number of hydrogen-bond donors (Lipinski definition) is 2. The zero-order valence-corrected chi connectivity index (χ0v) is 10.3. The molecule has 18 heavy (non-hydrogen) atoms. The molecule has 0 aliphatic heterocycles. The fraction of sp³-hybridized carbons (Fsp3) is 0.250. The first-order valence-corrected chi connectivity index (χ1v) is 5.62. The summed E-state index contributed by atoms with van der Waals surface area (Å²) in [6.07, 6.45) is 0.286. The number of carbonyl (C=O) groups is 1. The highest BCUT2D eigenvalue weighted by Gasteiger charge is 2.03. The number of carbonyl (C=O) groups excluding carboxylic acids is 1. The highest BCUT2D eigenvalue weighted by Crippen LogP contribution is 2.19. The van der Waals surface area contributed by atoms with E-state index in [-0.39, 0.29) is 18.9 Å². The van der Waals surface area contributed by atoms with Crippen LogP contribution in [0.5, 0.6) is 0 Å². The summed E-state index contributed by atoms with van der Waals surface area (Å²) in [5.74, 6) is -0.203. The van der Waals surface area contributed by atoms with Gasteiger partial charge >= 0.3 is 0 Å². The molecule has 0 heterocycles. The summed E-state index contributed by atoms with van der Waals surface area (Å²) in [4.78, 5) is 11.3. The van der Waals surface area contributed by atoms with Crippen LogP contribution in [0.4, 0.5) is 5.69 Å². The molecule has 1 aromatic rings. The van der Waals surface area contributed by atoms with E-state index in [0.29, 0.717) is 22.8 Å². The minimum Gasteiger partial charge on any atom is -0.376 e.